The summed E-state index contributed by atoms with van der Waals surface area (Å²) in [6, 6.07) is 7.79. The first kappa shape index (κ1) is 14.0. The predicted molar refractivity (Wildman–Crippen MR) is 63.1 cm³/mol. The lowest BCUT2D eigenvalue weighted by Crippen LogP contribution is -2.31. The smallest absolute Gasteiger partial charge is 0.421 e. The van der Waals surface area contributed by atoms with Crippen molar-refractivity contribution < 1.29 is 17.9 Å². The van der Waals surface area contributed by atoms with Crippen molar-refractivity contribution in [3.8, 4) is 6.07 Å². The second-order valence-corrected chi connectivity index (χ2v) is 5.14. The van der Waals surface area contributed by atoms with Gasteiger partial charge in [0.05, 0.1) is 17.4 Å². The van der Waals surface area contributed by atoms with E-state index in [1.54, 1.807) is 22.9 Å². The van der Waals surface area contributed by atoms with Gasteiger partial charge in [0, 0.05) is 0 Å². The minimum atomic E-state index is -3.92. The Balaban J connectivity index is 2.68. The third kappa shape index (κ3) is 4.07. The number of aryl methyl sites for hydroxylation is 1. The molecule has 0 aliphatic heterocycles. The molecular weight excluding hydrogens is 256 g/mol. The first-order valence-corrected chi connectivity index (χ1v) is 6.57. The van der Waals surface area contributed by atoms with Gasteiger partial charge in [-0.05, 0) is 19.1 Å². The monoisotopic (exact) mass is 268 g/mol. The number of carbonyl (C=O) groups excluding carboxylic acids is 1. The number of sulfonamides is 1. The summed E-state index contributed by atoms with van der Waals surface area (Å²) in [6.45, 7) is 1.67. The summed E-state index contributed by atoms with van der Waals surface area (Å²) >= 11 is 0. The molecule has 18 heavy (non-hydrogen) atoms. The Morgan fingerprint density at radius 1 is 1.39 bits per heavy atom. The molecule has 0 heterocycles. The maximum absolute atomic E-state index is 11.7. The highest BCUT2D eigenvalue weighted by Gasteiger charge is 2.17. The number of benzene rings is 1. The van der Waals surface area contributed by atoms with E-state index in [0.717, 1.165) is 5.56 Å². The average Bonchev–Trinajstić information content (AvgIpc) is 2.29. The fourth-order valence-corrected chi connectivity index (χ4v) is 2.00. The number of nitrogens with zero attached hydrogens (tertiary/aromatic N) is 1. The van der Waals surface area contributed by atoms with E-state index < -0.39 is 16.1 Å². The summed E-state index contributed by atoms with van der Waals surface area (Å²) < 4.78 is 29.7. The van der Waals surface area contributed by atoms with Crippen LogP contribution in [0, 0.1) is 18.3 Å². The molecule has 0 saturated carbocycles. The van der Waals surface area contributed by atoms with Crippen molar-refractivity contribution in [3.63, 3.8) is 0 Å². The molecule has 0 aliphatic rings. The SMILES string of the molecule is Cc1ccc(S(=O)(=O)NC(=O)OCCC#N)cc1. The lowest BCUT2D eigenvalue weighted by molar-refractivity contribution is 0.155. The van der Waals surface area contributed by atoms with Crippen LogP contribution >= 0.6 is 0 Å². The number of rotatable bonds is 4. The molecule has 0 atom stereocenters. The molecule has 0 fully saturated rings. The molecule has 0 spiro atoms. The van der Waals surface area contributed by atoms with Crippen LogP contribution in [0.4, 0.5) is 4.79 Å². The zero-order valence-electron chi connectivity index (χ0n) is 9.71. The van der Waals surface area contributed by atoms with E-state index in [0.29, 0.717) is 0 Å². The van der Waals surface area contributed by atoms with E-state index in [1.165, 1.54) is 12.1 Å². The summed E-state index contributed by atoms with van der Waals surface area (Å²) in [7, 11) is -3.92. The molecule has 1 aromatic rings. The van der Waals surface area contributed by atoms with Crippen LogP contribution in [-0.2, 0) is 14.8 Å². The number of nitrogens with one attached hydrogen (secondary N) is 1. The Kier molecular flexibility index (Phi) is 4.68. The second kappa shape index (κ2) is 6.02. The summed E-state index contributed by atoms with van der Waals surface area (Å²) in [5.41, 5.74) is 0.908. The van der Waals surface area contributed by atoms with Crippen molar-refractivity contribution >= 4 is 16.1 Å². The third-order valence-corrected chi connectivity index (χ3v) is 3.32. The normalized spacial score (nSPS) is 10.4. The Labute approximate surface area is 105 Å². The summed E-state index contributed by atoms with van der Waals surface area (Å²) in [5, 5.41) is 8.24. The van der Waals surface area contributed by atoms with Crippen LogP contribution < -0.4 is 4.72 Å². The van der Waals surface area contributed by atoms with Gasteiger partial charge >= 0.3 is 6.09 Å². The first-order chi connectivity index (χ1) is 8.45. The average molecular weight is 268 g/mol. The zero-order chi connectivity index (χ0) is 13.6. The largest absolute Gasteiger partial charge is 0.448 e. The van der Waals surface area contributed by atoms with Crippen LogP contribution in [0.15, 0.2) is 29.2 Å². The molecule has 1 amide bonds. The van der Waals surface area contributed by atoms with Crippen molar-refractivity contribution in [3.05, 3.63) is 29.8 Å². The fourth-order valence-electron chi connectivity index (χ4n) is 1.10. The van der Waals surface area contributed by atoms with E-state index in [1.807, 2.05) is 6.92 Å². The van der Waals surface area contributed by atoms with Crippen LogP contribution in [0.1, 0.15) is 12.0 Å². The first-order valence-electron chi connectivity index (χ1n) is 5.09. The van der Waals surface area contributed by atoms with Crippen LogP contribution in [0.2, 0.25) is 0 Å². The van der Waals surface area contributed by atoms with Gasteiger partial charge in [-0.1, -0.05) is 17.7 Å². The molecule has 96 valence electrons. The minimum Gasteiger partial charge on any atom is -0.448 e. The lowest BCUT2D eigenvalue weighted by Gasteiger charge is -2.07. The number of hydrogen-bond acceptors (Lipinski definition) is 5. The quantitative estimate of drug-likeness (QED) is 0.831. The third-order valence-electron chi connectivity index (χ3n) is 2.00. The van der Waals surface area contributed by atoms with Gasteiger partial charge in [-0.3, -0.25) is 0 Å². The van der Waals surface area contributed by atoms with Gasteiger partial charge in [0.2, 0.25) is 0 Å². The Morgan fingerprint density at radius 3 is 2.56 bits per heavy atom. The molecule has 0 aliphatic carbocycles. The lowest BCUT2D eigenvalue weighted by atomic mass is 10.2. The number of amides is 1. The van der Waals surface area contributed by atoms with E-state index in [9.17, 15) is 13.2 Å². The molecule has 1 aromatic carbocycles. The Morgan fingerprint density at radius 2 is 2.00 bits per heavy atom. The van der Waals surface area contributed by atoms with Crippen LogP contribution in [0.3, 0.4) is 0 Å². The maximum atomic E-state index is 11.7. The van der Waals surface area contributed by atoms with Crippen LogP contribution in [-0.4, -0.2) is 21.1 Å². The molecule has 7 heteroatoms. The van der Waals surface area contributed by atoms with Crippen molar-refractivity contribution in [1.29, 1.82) is 5.26 Å². The van der Waals surface area contributed by atoms with E-state index in [-0.39, 0.29) is 17.9 Å². The Hall–Kier alpha value is -2.07. The van der Waals surface area contributed by atoms with E-state index in [4.69, 9.17) is 5.26 Å². The highest BCUT2D eigenvalue weighted by molar-refractivity contribution is 7.90. The van der Waals surface area contributed by atoms with Gasteiger partial charge in [-0.25, -0.2) is 17.9 Å². The van der Waals surface area contributed by atoms with E-state index >= 15 is 0 Å². The molecule has 0 radical (unpaired) electrons. The van der Waals surface area contributed by atoms with Gasteiger partial charge in [0.15, 0.2) is 0 Å². The molecule has 1 N–H and O–H groups in total. The topological polar surface area (TPSA) is 96.3 Å². The van der Waals surface area contributed by atoms with Crippen molar-refractivity contribution in [1.82, 2.24) is 4.72 Å². The van der Waals surface area contributed by atoms with Gasteiger partial charge in [-0.15, -0.1) is 0 Å². The number of carbonyl (C=O) groups is 1. The molecule has 0 aromatic heterocycles. The standard InChI is InChI=1S/C11H12N2O4S/c1-9-3-5-10(6-4-9)18(15,16)13-11(14)17-8-2-7-12/h3-6H,2,8H2,1H3,(H,13,14). The summed E-state index contributed by atoms with van der Waals surface area (Å²) in [6.07, 6.45) is -1.08. The minimum absolute atomic E-state index is 0.0119. The highest BCUT2D eigenvalue weighted by atomic mass is 32.2. The molecule has 1 rings (SSSR count). The number of ether oxygens (including phenoxy) is 1. The number of nitriles is 1. The summed E-state index contributed by atoms with van der Waals surface area (Å²) in [4.78, 5) is 11.1. The van der Waals surface area contributed by atoms with Crippen molar-refractivity contribution in [2.75, 3.05) is 6.61 Å². The second-order valence-electron chi connectivity index (χ2n) is 3.46. The highest BCUT2D eigenvalue weighted by Crippen LogP contribution is 2.09. The van der Waals surface area contributed by atoms with Gasteiger partial charge < -0.3 is 4.74 Å². The molecule has 0 saturated heterocycles. The molecular formula is C11H12N2O4S. The molecule has 6 nitrogen and oxygen atoms in total. The van der Waals surface area contributed by atoms with Crippen molar-refractivity contribution in [2.24, 2.45) is 0 Å². The zero-order valence-corrected chi connectivity index (χ0v) is 10.5. The van der Waals surface area contributed by atoms with Crippen LogP contribution in [0.5, 0.6) is 0 Å². The van der Waals surface area contributed by atoms with E-state index in [2.05, 4.69) is 4.74 Å². The van der Waals surface area contributed by atoms with Gasteiger partial charge in [0.25, 0.3) is 10.0 Å². The van der Waals surface area contributed by atoms with Crippen LogP contribution in [0.25, 0.3) is 0 Å². The van der Waals surface area contributed by atoms with Gasteiger partial charge in [0.1, 0.15) is 6.61 Å². The van der Waals surface area contributed by atoms with Gasteiger partial charge in [-0.2, -0.15) is 5.26 Å². The molecule has 0 bridgehead atoms. The summed E-state index contributed by atoms with van der Waals surface area (Å²) in [5.74, 6) is 0. The fraction of sp³-hybridized carbons (Fsp3) is 0.273. The Bertz CT molecular complexity index is 558. The maximum Gasteiger partial charge on any atom is 0.421 e. The van der Waals surface area contributed by atoms with Crippen molar-refractivity contribution in [2.45, 2.75) is 18.2 Å². The molecule has 0 unspecified atom stereocenters. The predicted octanol–water partition coefficient (Wildman–Crippen LogP) is 1.32. The number of hydrogen-bond donors (Lipinski definition) is 1.